The zero-order valence-electron chi connectivity index (χ0n) is 8.43. The van der Waals surface area contributed by atoms with Crippen molar-refractivity contribution in [3.05, 3.63) is 12.2 Å². The van der Waals surface area contributed by atoms with Crippen molar-refractivity contribution >= 4 is 0 Å². The van der Waals surface area contributed by atoms with Gasteiger partial charge in [-0.05, 0) is 37.0 Å². The Hall–Kier alpha value is -0.300. The molecule has 1 nitrogen and oxygen atoms in total. The molecule has 0 radical (unpaired) electrons. The summed E-state index contributed by atoms with van der Waals surface area (Å²) in [4.78, 5) is 0. The zero-order chi connectivity index (χ0) is 9.35. The third-order valence-electron chi connectivity index (χ3n) is 3.75. The summed E-state index contributed by atoms with van der Waals surface area (Å²) in [6, 6.07) is 0. The highest BCUT2D eigenvalue weighted by Gasteiger charge is 2.43. The fourth-order valence-corrected chi connectivity index (χ4v) is 2.49. The number of allylic oxidation sites excluding steroid dienone is 1. The second-order valence-electron chi connectivity index (χ2n) is 4.54. The standard InChI is InChI=1S/C11H20O/c1-8(2)10-6-5-9(3)11(10,4)7-12/h9-10,12H,1,5-7H2,2-4H3. The Morgan fingerprint density at radius 1 is 1.58 bits per heavy atom. The first kappa shape index (κ1) is 9.79. The van der Waals surface area contributed by atoms with Gasteiger partial charge >= 0.3 is 0 Å². The number of hydrogen-bond donors (Lipinski definition) is 1. The monoisotopic (exact) mass is 168 g/mol. The van der Waals surface area contributed by atoms with Crippen LogP contribution in [0.5, 0.6) is 0 Å². The molecule has 1 aliphatic rings. The van der Waals surface area contributed by atoms with E-state index >= 15 is 0 Å². The largest absolute Gasteiger partial charge is 0.396 e. The van der Waals surface area contributed by atoms with E-state index in [4.69, 9.17) is 0 Å². The van der Waals surface area contributed by atoms with Crippen LogP contribution in [0.4, 0.5) is 0 Å². The molecule has 70 valence electrons. The molecule has 1 fully saturated rings. The summed E-state index contributed by atoms with van der Waals surface area (Å²) < 4.78 is 0. The molecule has 0 heterocycles. The van der Waals surface area contributed by atoms with Crippen molar-refractivity contribution in [2.24, 2.45) is 17.3 Å². The van der Waals surface area contributed by atoms with Crippen molar-refractivity contribution in [1.29, 1.82) is 0 Å². The van der Waals surface area contributed by atoms with E-state index in [9.17, 15) is 5.11 Å². The van der Waals surface area contributed by atoms with E-state index in [1.165, 1.54) is 18.4 Å². The SMILES string of the molecule is C=C(C)C1CCC(C)C1(C)CO. The predicted octanol–water partition coefficient (Wildman–Crippen LogP) is 2.61. The van der Waals surface area contributed by atoms with Gasteiger partial charge in [0.05, 0.1) is 0 Å². The Morgan fingerprint density at radius 3 is 2.50 bits per heavy atom. The van der Waals surface area contributed by atoms with Crippen LogP contribution < -0.4 is 0 Å². The second kappa shape index (κ2) is 3.21. The molecule has 0 aromatic heterocycles. The summed E-state index contributed by atoms with van der Waals surface area (Å²) in [6.07, 6.45) is 2.43. The Bertz CT molecular complexity index is 185. The molecule has 3 unspecified atom stereocenters. The lowest BCUT2D eigenvalue weighted by molar-refractivity contribution is 0.0802. The lowest BCUT2D eigenvalue weighted by Gasteiger charge is -2.33. The van der Waals surface area contributed by atoms with Crippen LogP contribution in [0.1, 0.15) is 33.6 Å². The van der Waals surface area contributed by atoms with E-state index in [1.54, 1.807) is 0 Å². The van der Waals surface area contributed by atoms with E-state index in [2.05, 4.69) is 27.4 Å². The molecule has 1 rings (SSSR count). The minimum Gasteiger partial charge on any atom is -0.396 e. The Morgan fingerprint density at radius 2 is 2.17 bits per heavy atom. The molecule has 1 heteroatoms. The topological polar surface area (TPSA) is 20.2 Å². The lowest BCUT2D eigenvalue weighted by Crippen LogP contribution is -2.31. The number of aliphatic hydroxyl groups is 1. The van der Waals surface area contributed by atoms with Crippen LogP contribution >= 0.6 is 0 Å². The minimum atomic E-state index is 0.0891. The summed E-state index contributed by atoms with van der Waals surface area (Å²) >= 11 is 0. The maximum Gasteiger partial charge on any atom is 0.0493 e. The van der Waals surface area contributed by atoms with Gasteiger partial charge in [0.2, 0.25) is 0 Å². The van der Waals surface area contributed by atoms with Gasteiger partial charge in [-0.1, -0.05) is 26.0 Å². The molecule has 0 aromatic rings. The minimum absolute atomic E-state index is 0.0891. The smallest absolute Gasteiger partial charge is 0.0493 e. The third kappa shape index (κ3) is 1.31. The molecular weight excluding hydrogens is 148 g/mol. The van der Waals surface area contributed by atoms with Crippen molar-refractivity contribution < 1.29 is 5.11 Å². The molecule has 3 atom stereocenters. The lowest BCUT2D eigenvalue weighted by atomic mass is 9.73. The number of rotatable bonds is 2. The highest BCUT2D eigenvalue weighted by atomic mass is 16.3. The van der Waals surface area contributed by atoms with Crippen LogP contribution in [0.15, 0.2) is 12.2 Å². The summed E-state index contributed by atoms with van der Waals surface area (Å²) in [5.41, 5.74) is 1.32. The first-order valence-corrected chi connectivity index (χ1v) is 4.78. The van der Waals surface area contributed by atoms with Crippen molar-refractivity contribution in [1.82, 2.24) is 0 Å². The molecule has 0 amide bonds. The quantitative estimate of drug-likeness (QED) is 0.628. The van der Waals surface area contributed by atoms with Crippen molar-refractivity contribution in [3.8, 4) is 0 Å². The predicted molar refractivity (Wildman–Crippen MR) is 51.9 cm³/mol. The molecular formula is C11H20O. The van der Waals surface area contributed by atoms with Crippen LogP contribution in [-0.2, 0) is 0 Å². The molecule has 0 aromatic carbocycles. The Kier molecular flexibility index (Phi) is 2.62. The van der Waals surface area contributed by atoms with E-state index in [-0.39, 0.29) is 5.41 Å². The van der Waals surface area contributed by atoms with E-state index in [0.29, 0.717) is 18.4 Å². The van der Waals surface area contributed by atoms with Gasteiger partial charge in [0, 0.05) is 6.61 Å². The van der Waals surface area contributed by atoms with Gasteiger partial charge in [0.15, 0.2) is 0 Å². The Labute approximate surface area is 75.5 Å². The fourth-order valence-electron chi connectivity index (χ4n) is 2.49. The van der Waals surface area contributed by atoms with Crippen LogP contribution in [0.2, 0.25) is 0 Å². The second-order valence-corrected chi connectivity index (χ2v) is 4.54. The molecule has 0 saturated heterocycles. The summed E-state index contributed by atoms with van der Waals surface area (Å²) in [5, 5.41) is 9.37. The van der Waals surface area contributed by atoms with Gasteiger partial charge in [0.25, 0.3) is 0 Å². The molecule has 1 N–H and O–H groups in total. The van der Waals surface area contributed by atoms with Crippen molar-refractivity contribution in [2.75, 3.05) is 6.61 Å². The molecule has 0 spiro atoms. The molecule has 1 aliphatic carbocycles. The molecule has 0 bridgehead atoms. The van der Waals surface area contributed by atoms with Crippen LogP contribution in [0, 0.1) is 17.3 Å². The summed E-state index contributed by atoms with van der Waals surface area (Å²) in [6.45, 7) is 10.8. The van der Waals surface area contributed by atoms with Gasteiger partial charge in [-0.15, -0.1) is 0 Å². The van der Waals surface area contributed by atoms with E-state index in [0.717, 1.165) is 0 Å². The van der Waals surface area contributed by atoms with Gasteiger partial charge in [-0.25, -0.2) is 0 Å². The molecule has 1 saturated carbocycles. The van der Waals surface area contributed by atoms with E-state index < -0.39 is 0 Å². The Balaban J connectivity index is 2.84. The fraction of sp³-hybridized carbons (Fsp3) is 0.818. The van der Waals surface area contributed by atoms with Crippen LogP contribution in [0.25, 0.3) is 0 Å². The first-order valence-electron chi connectivity index (χ1n) is 4.78. The maximum absolute atomic E-state index is 9.37. The highest BCUT2D eigenvalue weighted by Crippen LogP contribution is 2.49. The normalized spacial score (nSPS) is 41.7. The molecule has 0 aliphatic heterocycles. The number of aliphatic hydroxyl groups excluding tert-OH is 1. The summed E-state index contributed by atoms with van der Waals surface area (Å²) in [7, 11) is 0. The average molecular weight is 168 g/mol. The van der Waals surface area contributed by atoms with Crippen molar-refractivity contribution in [2.45, 2.75) is 33.6 Å². The first-order chi connectivity index (χ1) is 5.52. The molecule has 12 heavy (non-hydrogen) atoms. The van der Waals surface area contributed by atoms with Crippen LogP contribution in [0.3, 0.4) is 0 Å². The van der Waals surface area contributed by atoms with E-state index in [1.807, 2.05) is 0 Å². The van der Waals surface area contributed by atoms with Gasteiger partial charge < -0.3 is 5.11 Å². The average Bonchev–Trinajstić information content (AvgIpc) is 2.30. The zero-order valence-corrected chi connectivity index (χ0v) is 8.43. The number of hydrogen-bond acceptors (Lipinski definition) is 1. The maximum atomic E-state index is 9.37. The van der Waals surface area contributed by atoms with Gasteiger partial charge in [0.1, 0.15) is 0 Å². The van der Waals surface area contributed by atoms with Gasteiger partial charge in [-0.2, -0.15) is 0 Å². The highest BCUT2D eigenvalue weighted by molar-refractivity contribution is 5.08. The van der Waals surface area contributed by atoms with Gasteiger partial charge in [-0.3, -0.25) is 0 Å². The third-order valence-corrected chi connectivity index (χ3v) is 3.75. The van der Waals surface area contributed by atoms with Crippen molar-refractivity contribution in [3.63, 3.8) is 0 Å². The summed E-state index contributed by atoms with van der Waals surface area (Å²) in [5.74, 6) is 1.15. The van der Waals surface area contributed by atoms with Crippen LogP contribution in [-0.4, -0.2) is 11.7 Å².